The molecule has 2 aromatic heterocycles. The number of piperidine rings is 1. The third-order valence-corrected chi connectivity index (χ3v) is 3.50. The van der Waals surface area contributed by atoms with Gasteiger partial charge in [-0.15, -0.1) is 0 Å². The Labute approximate surface area is 105 Å². The Bertz CT molecular complexity index is 601. The molecule has 0 saturated carbocycles. The summed E-state index contributed by atoms with van der Waals surface area (Å²) in [5.41, 5.74) is 0.438. The Balaban J connectivity index is 1.92. The van der Waals surface area contributed by atoms with E-state index in [0.29, 0.717) is 18.0 Å². The van der Waals surface area contributed by atoms with Gasteiger partial charge in [0.1, 0.15) is 5.52 Å². The van der Waals surface area contributed by atoms with Crippen molar-refractivity contribution in [3.63, 3.8) is 0 Å². The molecule has 0 amide bonds. The van der Waals surface area contributed by atoms with Gasteiger partial charge in [-0.05, 0) is 44.0 Å². The fourth-order valence-corrected chi connectivity index (χ4v) is 2.45. The molecule has 0 aromatic carbocycles. The van der Waals surface area contributed by atoms with Crippen molar-refractivity contribution in [1.29, 1.82) is 0 Å². The molecule has 5 heteroatoms. The molecule has 5 nitrogen and oxygen atoms in total. The first-order valence-corrected chi connectivity index (χ1v) is 6.36. The maximum absolute atomic E-state index is 12.2. The van der Waals surface area contributed by atoms with E-state index in [-0.39, 0.29) is 5.56 Å². The van der Waals surface area contributed by atoms with E-state index < -0.39 is 0 Å². The van der Waals surface area contributed by atoms with Gasteiger partial charge in [-0.1, -0.05) is 0 Å². The number of fused-ring (bicyclic) bond motifs is 1. The van der Waals surface area contributed by atoms with Crippen LogP contribution in [0.5, 0.6) is 0 Å². The first-order valence-electron chi connectivity index (χ1n) is 6.36. The second-order valence-corrected chi connectivity index (χ2v) is 4.77. The van der Waals surface area contributed by atoms with Gasteiger partial charge in [0.15, 0.2) is 0 Å². The summed E-state index contributed by atoms with van der Waals surface area (Å²) in [5, 5.41) is 8.38. The Morgan fingerprint density at radius 1 is 1.39 bits per heavy atom. The Morgan fingerprint density at radius 2 is 2.22 bits per heavy atom. The van der Waals surface area contributed by atoms with Crippen LogP contribution >= 0.6 is 0 Å². The molecule has 0 aliphatic carbocycles. The first-order chi connectivity index (χ1) is 8.84. The smallest absolute Gasteiger partial charge is 0.293 e. The van der Waals surface area contributed by atoms with Crippen molar-refractivity contribution in [2.24, 2.45) is 5.92 Å². The Hall–Kier alpha value is -1.75. The molecule has 0 bridgehead atoms. The van der Waals surface area contributed by atoms with Gasteiger partial charge in [-0.2, -0.15) is 5.10 Å². The van der Waals surface area contributed by atoms with E-state index >= 15 is 0 Å². The van der Waals surface area contributed by atoms with Crippen molar-refractivity contribution in [3.05, 3.63) is 34.9 Å². The largest absolute Gasteiger partial charge is 0.317 e. The fraction of sp³-hybridized carbons (Fsp3) is 0.462. The summed E-state index contributed by atoms with van der Waals surface area (Å²) >= 11 is 0. The predicted molar refractivity (Wildman–Crippen MR) is 69.4 cm³/mol. The second-order valence-electron chi connectivity index (χ2n) is 4.77. The molecule has 2 aromatic rings. The lowest BCUT2D eigenvalue weighted by molar-refractivity contribution is 0.316. The third kappa shape index (κ3) is 2.13. The highest BCUT2D eigenvalue weighted by molar-refractivity contribution is 5.75. The molecule has 1 aliphatic rings. The Kier molecular flexibility index (Phi) is 3.06. The van der Waals surface area contributed by atoms with E-state index in [0.717, 1.165) is 31.3 Å². The van der Waals surface area contributed by atoms with Crippen molar-refractivity contribution in [1.82, 2.24) is 20.1 Å². The van der Waals surface area contributed by atoms with E-state index in [1.807, 2.05) is 12.1 Å². The molecule has 1 fully saturated rings. The van der Waals surface area contributed by atoms with Gasteiger partial charge < -0.3 is 5.32 Å². The number of rotatable bonds is 2. The van der Waals surface area contributed by atoms with Crippen LogP contribution in [0.3, 0.4) is 0 Å². The molecular formula is C13H16N4O. The number of hydrogen-bond acceptors (Lipinski definition) is 4. The fourth-order valence-electron chi connectivity index (χ4n) is 2.45. The topological polar surface area (TPSA) is 59.8 Å². The predicted octanol–water partition coefficient (Wildman–Crippen LogP) is 0.791. The zero-order valence-corrected chi connectivity index (χ0v) is 10.2. The maximum atomic E-state index is 12.2. The monoisotopic (exact) mass is 244 g/mol. The molecule has 3 heterocycles. The van der Waals surface area contributed by atoms with Gasteiger partial charge in [-0.25, -0.2) is 4.68 Å². The number of nitrogens with zero attached hydrogens (tertiary/aromatic N) is 3. The summed E-state index contributed by atoms with van der Waals surface area (Å²) in [5.74, 6) is 0.539. The van der Waals surface area contributed by atoms with E-state index in [9.17, 15) is 4.79 Å². The summed E-state index contributed by atoms with van der Waals surface area (Å²) in [6, 6.07) is 3.69. The van der Waals surface area contributed by atoms with Crippen molar-refractivity contribution < 1.29 is 0 Å². The van der Waals surface area contributed by atoms with E-state index in [1.54, 1.807) is 17.1 Å². The average molecular weight is 244 g/mol. The highest BCUT2D eigenvalue weighted by Gasteiger charge is 2.15. The lowest BCUT2D eigenvalue weighted by Gasteiger charge is -2.22. The van der Waals surface area contributed by atoms with E-state index in [2.05, 4.69) is 15.4 Å². The van der Waals surface area contributed by atoms with Crippen LogP contribution in [-0.4, -0.2) is 27.9 Å². The molecule has 1 N–H and O–H groups in total. The molecule has 0 unspecified atom stereocenters. The van der Waals surface area contributed by atoms with Gasteiger partial charge in [-0.3, -0.25) is 9.78 Å². The lowest BCUT2D eigenvalue weighted by atomic mass is 9.98. The third-order valence-electron chi connectivity index (χ3n) is 3.50. The normalized spacial score (nSPS) is 17.1. The van der Waals surface area contributed by atoms with Crippen LogP contribution in [0.1, 0.15) is 12.8 Å². The molecule has 0 atom stereocenters. The van der Waals surface area contributed by atoms with Crippen molar-refractivity contribution in [2.45, 2.75) is 19.4 Å². The molecule has 0 radical (unpaired) electrons. The molecule has 1 saturated heterocycles. The molecule has 3 rings (SSSR count). The highest BCUT2D eigenvalue weighted by Crippen LogP contribution is 2.13. The van der Waals surface area contributed by atoms with Crippen molar-refractivity contribution in [3.8, 4) is 0 Å². The molecular weight excluding hydrogens is 228 g/mol. The summed E-state index contributed by atoms with van der Waals surface area (Å²) in [6.07, 6.45) is 5.59. The SMILES string of the molecule is O=c1c2ncccc2cnn1CC1CCNCC1. The zero-order chi connectivity index (χ0) is 12.4. The van der Waals surface area contributed by atoms with Crippen LogP contribution < -0.4 is 10.9 Å². The van der Waals surface area contributed by atoms with Gasteiger partial charge in [0.05, 0.1) is 6.20 Å². The second kappa shape index (κ2) is 4.86. The standard InChI is InChI=1S/C13H16N4O/c18-13-12-11(2-1-5-15-12)8-16-17(13)9-10-3-6-14-7-4-10/h1-2,5,8,10,14H,3-4,6-7,9H2. The van der Waals surface area contributed by atoms with Gasteiger partial charge in [0.2, 0.25) is 0 Å². The quantitative estimate of drug-likeness (QED) is 0.848. The first kappa shape index (κ1) is 11.3. The molecule has 1 aliphatic heterocycles. The van der Waals surface area contributed by atoms with E-state index in [1.165, 1.54) is 0 Å². The van der Waals surface area contributed by atoms with E-state index in [4.69, 9.17) is 0 Å². The molecule has 94 valence electrons. The molecule has 0 spiro atoms. The number of nitrogens with one attached hydrogen (secondary N) is 1. The van der Waals surface area contributed by atoms with Gasteiger partial charge in [0, 0.05) is 18.1 Å². The van der Waals surface area contributed by atoms with Crippen LogP contribution in [0.25, 0.3) is 10.9 Å². The van der Waals surface area contributed by atoms with Gasteiger partial charge in [0.25, 0.3) is 5.56 Å². The van der Waals surface area contributed by atoms with Crippen LogP contribution in [-0.2, 0) is 6.54 Å². The van der Waals surface area contributed by atoms with Crippen LogP contribution in [0.15, 0.2) is 29.3 Å². The lowest BCUT2D eigenvalue weighted by Crippen LogP contribution is -2.33. The van der Waals surface area contributed by atoms with Crippen LogP contribution in [0.4, 0.5) is 0 Å². The summed E-state index contributed by atoms with van der Waals surface area (Å²) in [4.78, 5) is 16.4. The number of pyridine rings is 1. The molecule has 18 heavy (non-hydrogen) atoms. The minimum atomic E-state index is -0.0772. The highest BCUT2D eigenvalue weighted by atomic mass is 16.1. The zero-order valence-electron chi connectivity index (χ0n) is 10.2. The van der Waals surface area contributed by atoms with Crippen molar-refractivity contribution >= 4 is 10.9 Å². The minimum Gasteiger partial charge on any atom is -0.317 e. The summed E-state index contributed by atoms with van der Waals surface area (Å²) < 4.78 is 1.56. The van der Waals surface area contributed by atoms with Crippen LogP contribution in [0.2, 0.25) is 0 Å². The number of aromatic nitrogens is 3. The Morgan fingerprint density at radius 3 is 3.06 bits per heavy atom. The maximum Gasteiger partial charge on any atom is 0.293 e. The van der Waals surface area contributed by atoms with Gasteiger partial charge >= 0.3 is 0 Å². The minimum absolute atomic E-state index is 0.0772. The average Bonchev–Trinajstić information content (AvgIpc) is 2.43. The number of hydrogen-bond donors (Lipinski definition) is 1. The summed E-state index contributed by atoms with van der Waals surface area (Å²) in [7, 11) is 0. The summed E-state index contributed by atoms with van der Waals surface area (Å²) in [6.45, 7) is 2.77. The van der Waals surface area contributed by atoms with Crippen LogP contribution in [0, 0.1) is 5.92 Å². The van der Waals surface area contributed by atoms with Crippen molar-refractivity contribution in [2.75, 3.05) is 13.1 Å².